The van der Waals surface area contributed by atoms with Crippen LogP contribution in [0, 0.1) is 0 Å². The average Bonchev–Trinajstić information content (AvgIpc) is 3.00. The maximum absolute atomic E-state index is 4.49. The summed E-state index contributed by atoms with van der Waals surface area (Å²) in [4.78, 5) is 11.1. The third-order valence-electron chi connectivity index (χ3n) is 4.87. The molecule has 0 unspecified atom stereocenters. The second kappa shape index (κ2) is 4.74. The van der Waals surface area contributed by atoms with Crippen molar-refractivity contribution in [1.29, 1.82) is 0 Å². The van der Waals surface area contributed by atoms with Gasteiger partial charge in [0, 0.05) is 32.3 Å². The van der Waals surface area contributed by atoms with E-state index in [9.17, 15) is 0 Å². The number of aryl methyl sites for hydroxylation is 1. The second-order valence-corrected chi connectivity index (χ2v) is 6.49. The van der Waals surface area contributed by atoms with Gasteiger partial charge in [-0.05, 0) is 19.3 Å². The van der Waals surface area contributed by atoms with Crippen molar-refractivity contribution in [3.63, 3.8) is 0 Å². The van der Waals surface area contributed by atoms with E-state index in [1.54, 1.807) is 11.0 Å². The van der Waals surface area contributed by atoms with Crippen LogP contribution in [-0.2, 0) is 7.05 Å². The summed E-state index contributed by atoms with van der Waals surface area (Å²) in [7, 11) is 1.90. The summed E-state index contributed by atoms with van der Waals surface area (Å²) in [5.74, 6) is 1.62. The lowest BCUT2D eigenvalue weighted by Crippen LogP contribution is -2.22. The molecule has 3 aromatic heterocycles. The molecule has 118 valence electrons. The van der Waals surface area contributed by atoms with Gasteiger partial charge in [-0.25, -0.2) is 14.6 Å². The van der Waals surface area contributed by atoms with E-state index in [-0.39, 0.29) is 0 Å². The standard InChI is InChI=1S/C15H18N8/c1-21-14-12(6-18-21)15(17-9-16-14)22-5-4-11(7-22)23-8-13(19-20-23)10-2-3-10/h6,8-11H,2-5,7H2,1H3/t11-/m0/s1. The maximum Gasteiger partial charge on any atom is 0.163 e. The number of nitrogens with zero attached hydrogens (tertiary/aromatic N) is 8. The van der Waals surface area contributed by atoms with E-state index in [4.69, 9.17) is 0 Å². The second-order valence-electron chi connectivity index (χ2n) is 6.49. The summed E-state index contributed by atoms with van der Waals surface area (Å²) >= 11 is 0. The van der Waals surface area contributed by atoms with Gasteiger partial charge in [0.2, 0.25) is 0 Å². The minimum Gasteiger partial charge on any atom is -0.354 e. The molecule has 0 amide bonds. The van der Waals surface area contributed by atoms with E-state index in [2.05, 4.69) is 36.5 Å². The largest absolute Gasteiger partial charge is 0.354 e. The summed E-state index contributed by atoms with van der Waals surface area (Å²) in [5.41, 5.74) is 2.02. The Morgan fingerprint density at radius 2 is 2.09 bits per heavy atom. The van der Waals surface area contributed by atoms with Gasteiger partial charge in [-0.15, -0.1) is 5.10 Å². The van der Waals surface area contributed by atoms with Gasteiger partial charge in [0.15, 0.2) is 5.65 Å². The van der Waals surface area contributed by atoms with Crippen LogP contribution >= 0.6 is 0 Å². The summed E-state index contributed by atoms with van der Waals surface area (Å²) in [6.07, 6.45) is 9.17. The predicted molar refractivity (Wildman–Crippen MR) is 84.2 cm³/mol. The van der Waals surface area contributed by atoms with Crippen LogP contribution in [0.1, 0.15) is 36.9 Å². The zero-order valence-corrected chi connectivity index (χ0v) is 13.0. The molecule has 8 nitrogen and oxygen atoms in total. The minimum absolute atomic E-state index is 0.358. The first-order valence-electron chi connectivity index (χ1n) is 8.09. The van der Waals surface area contributed by atoms with Crippen molar-refractivity contribution in [1.82, 2.24) is 34.7 Å². The average molecular weight is 310 g/mol. The molecule has 4 heterocycles. The van der Waals surface area contributed by atoms with E-state index < -0.39 is 0 Å². The van der Waals surface area contributed by atoms with Gasteiger partial charge in [-0.1, -0.05) is 5.21 Å². The Bertz CT molecular complexity index is 861. The highest BCUT2D eigenvalue weighted by Crippen LogP contribution is 2.39. The SMILES string of the molecule is Cn1ncc2c(N3CC[C@H](n4cc(C5CC5)nn4)C3)ncnc21. The maximum atomic E-state index is 4.49. The molecule has 0 spiro atoms. The fraction of sp³-hybridized carbons (Fsp3) is 0.533. The monoisotopic (exact) mass is 310 g/mol. The normalized spacial score (nSPS) is 21.4. The third-order valence-corrected chi connectivity index (χ3v) is 4.87. The molecule has 2 aliphatic rings. The van der Waals surface area contributed by atoms with Crippen LogP contribution in [0.3, 0.4) is 0 Å². The zero-order valence-electron chi connectivity index (χ0n) is 13.0. The number of hydrogen-bond donors (Lipinski definition) is 0. The molecule has 0 N–H and O–H groups in total. The highest BCUT2D eigenvalue weighted by molar-refractivity contribution is 5.86. The molecular formula is C15H18N8. The van der Waals surface area contributed by atoms with Crippen LogP contribution in [0.15, 0.2) is 18.7 Å². The van der Waals surface area contributed by atoms with Crippen molar-refractivity contribution >= 4 is 16.9 Å². The Morgan fingerprint density at radius 3 is 2.96 bits per heavy atom. The van der Waals surface area contributed by atoms with Gasteiger partial charge in [-0.2, -0.15) is 5.10 Å². The fourth-order valence-corrected chi connectivity index (χ4v) is 3.39. The third kappa shape index (κ3) is 2.08. The lowest BCUT2D eigenvalue weighted by molar-refractivity contribution is 0.479. The van der Waals surface area contributed by atoms with Crippen LogP contribution < -0.4 is 4.90 Å². The van der Waals surface area contributed by atoms with E-state index in [1.807, 2.05) is 17.9 Å². The van der Waals surface area contributed by atoms with Crippen molar-refractivity contribution in [2.75, 3.05) is 18.0 Å². The van der Waals surface area contributed by atoms with Gasteiger partial charge in [0.05, 0.1) is 23.3 Å². The highest BCUT2D eigenvalue weighted by Gasteiger charge is 2.30. The fourth-order valence-electron chi connectivity index (χ4n) is 3.39. The van der Waals surface area contributed by atoms with E-state index in [0.717, 1.165) is 42.1 Å². The molecule has 1 saturated carbocycles. The predicted octanol–water partition coefficient (Wildman–Crippen LogP) is 1.28. The topological polar surface area (TPSA) is 77.5 Å². The van der Waals surface area contributed by atoms with Gasteiger partial charge in [0.1, 0.15) is 12.1 Å². The Kier molecular flexibility index (Phi) is 2.67. The minimum atomic E-state index is 0.358. The van der Waals surface area contributed by atoms with Gasteiger partial charge >= 0.3 is 0 Å². The molecule has 0 aromatic carbocycles. The molecule has 23 heavy (non-hydrogen) atoms. The van der Waals surface area contributed by atoms with Crippen LogP contribution in [0.25, 0.3) is 11.0 Å². The first kappa shape index (κ1) is 13.0. The van der Waals surface area contributed by atoms with Gasteiger partial charge in [0.25, 0.3) is 0 Å². The quantitative estimate of drug-likeness (QED) is 0.725. The Balaban J connectivity index is 1.41. The number of rotatable bonds is 3. The first-order chi connectivity index (χ1) is 11.3. The smallest absolute Gasteiger partial charge is 0.163 e. The van der Waals surface area contributed by atoms with Crippen molar-refractivity contribution in [2.24, 2.45) is 7.05 Å². The zero-order chi connectivity index (χ0) is 15.4. The van der Waals surface area contributed by atoms with E-state index in [1.165, 1.54) is 12.8 Å². The Morgan fingerprint density at radius 1 is 1.17 bits per heavy atom. The molecule has 0 radical (unpaired) electrons. The van der Waals surface area contributed by atoms with Crippen LogP contribution in [-0.4, -0.2) is 47.8 Å². The molecule has 1 aliphatic heterocycles. The lowest BCUT2D eigenvalue weighted by Gasteiger charge is -2.17. The Hall–Kier alpha value is -2.51. The van der Waals surface area contributed by atoms with Crippen LogP contribution in [0.2, 0.25) is 0 Å². The first-order valence-corrected chi connectivity index (χ1v) is 8.09. The molecule has 0 bridgehead atoms. The van der Waals surface area contributed by atoms with Gasteiger partial charge < -0.3 is 4.90 Å². The van der Waals surface area contributed by atoms with Crippen LogP contribution in [0.4, 0.5) is 5.82 Å². The van der Waals surface area contributed by atoms with Crippen LogP contribution in [0.5, 0.6) is 0 Å². The Labute approximate surface area is 133 Å². The van der Waals surface area contributed by atoms with Crippen molar-refractivity contribution in [3.8, 4) is 0 Å². The molecule has 1 saturated heterocycles. The summed E-state index contributed by atoms with van der Waals surface area (Å²) in [6, 6.07) is 0.358. The van der Waals surface area contributed by atoms with Crippen molar-refractivity contribution < 1.29 is 0 Å². The number of aromatic nitrogens is 7. The molecule has 5 rings (SSSR count). The van der Waals surface area contributed by atoms with Crippen molar-refractivity contribution in [2.45, 2.75) is 31.2 Å². The number of anilines is 1. The molecule has 3 aromatic rings. The summed E-state index contributed by atoms with van der Waals surface area (Å²) in [5, 5.41) is 14.0. The highest BCUT2D eigenvalue weighted by atomic mass is 15.5. The summed E-state index contributed by atoms with van der Waals surface area (Å²) < 4.78 is 3.82. The van der Waals surface area contributed by atoms with Crippen molar-refractivity contribution in [3.05, 3.63) is 24.4 Å². The van der Waals surface area contributed by atoms with Gasteiger partial charge in [-0.3, -0.25) is 4.68 Å². The summed E-state index contributed by atoms with van der Waals surface area (Å²) in [6.45, 7) is 1.86. The molecule has 8 heteroatoms. The van der Waals surface area contributed by atoms with E-state index in [0.29, 0.717) is 12.0 Å². The molecule has 1 atom stereocenters. The van der Waals surface area contributed by atoms with E-state index >= 15 is 0 Å². The molecular weight excluding hydrogens is 292 g/mol. The number of hydrogen-bond acceptors (Lipinski definition) is 6. The molecule has 2 fully saturated rings. The molecule has 1 aliphatic carbocycles. The number of fused-ring (bicyclic) bond motifs is 1. The lowest BCUT2D eigenvalue weighted by atomic mass is 10.2.